The van der Waals surface area contributed by atoms with E-state index >= 15 is 0 Å². The van der Waals surface area contributed by atoms with E-state index in [4.69, 9.17) is 14.2 Å². The van der Waals surface area contributed by atoms with Crippen molar-refractivity contribution >= 4 is 17.9 Å². The summed E-state index contributed by atoms with van der Waals surface area (Å²) in [5.41, 5.74) is 0. The monoisotopic (exact) mass is 891 g/mol. The summed E-state index contributed by atoms with van der Waals surface area (Å²) in [7, 11) is 0. The van der Waals surface area contributed by atoms with Crippen LogP contribution in [0.25, 0.3) is 0 Å². The smallest absolute Gasteiger partial charge is 0.306 e. The first-order valence-corrected chi connectivity index (χ1v) is 26.6. The number of hydrogen-bond acceptors (Lipinski definition) is 6. The molecule has 0 N–H and O–H groups in total. The minimum absolute atomic E-state index is 0.0908. The van der Waals surface area contributed by atoms with Gasteiger partial charge in [-0.05, 0) is 89.9 Å². The molecule has 0 amide bonds. The number of carbonyl (C=O) groups excluding carboxylic acids is 3. The first-order valence-electron chi connectivity index (χ1n) is 26.6. The molecule has 0 aromatic carbocycles. The van der Waals surface area contributed by atoms with E-state index < -0.39 is 6.10 Å². The Hall–Kier alpha value is -3.41. The van der Waals surface area contributed by atoms with Gasteiger partial charge >= 0.3 is 17.9 Å². The largest absolute Gasteiger partial charge is 0.462 e. The van der Waals surface area contributed by atoms with Gasteiger partial charge in [0.15, 0.2) is 6.10 Å². The lowest BCUT2D eigenvalue weighted by molar-refractivity contribution is -0.167. The predicted octanol–water partition coefficient (Wildman–Crippen LogP) is 17.6. The van der Waals surface area contributed by atoms with Crippen LogP contribution in [-0.2, 0) is 28.6 Å². The van der Waals surface area contributed by atoms with Gasteiger partial charge in [0, 0.05) is 19.3 Å². The third kappa shape index (κ3) is 49.6. The molecule has 366 valence electrons. The van der Waals surface area contributed by atoms with Crippen LogP contribution >= 0.6 is 0 Å². The average molecular weight is 891 g/mol. The maximum atomic E-state index is 12.8. The maximum absolute atomic E-state index is 12.8. The van der Waals surface area contributed by atoms with Gasteiger partial charge in [-0.1, -0.05) is 221 Å². The summed E-state index contributed by atoms with van der Waals surface area (Å²) in [6, 6.07) is 0. The molecule has 1 unspecified atom stereocenters. The zero-order valence-electron chi connectivity index (χ0n) is 41.8. The lowest BCUT2D eigenvalue weighted by Crippen LogP contribution is -2.30. The highest BCUT2D eigenvalue weighted by molar-refractivity contribution is 5.71. The zero-order chi connectivity index (χ0) is 46.5. The van der Waals surface area contributed by atoms with Crippen LogP contribution in [0, 0.1) is 0 Å². The Balaban J connectivity index is 4.45. The van der Waals surface area contributed by atoms with Gasteiger partial charge < -0.3 is 14.2 Å². The number of carbonyl (C=O) groups is 3. The SMILES string of the molecule is CC/C=C\C/C=C\C/C=C\C/C=C\C/C=C\CCCCCC(=O)OCC(COC(=O)CCCCCCCCCCCCCC)OC(=O)CCCCCCCC/C=C\C=C/CCCCC. The summed E-state index contributed by atoms with van der Waals surface area (Å²) < 4.78 is 16.8. The van der Waals surface area contributed by atoms with E-state index in [0.717, 1.165) is 109 Å². The summed E-state index contributed by atoms with van der Waals surface area (Å²) in [4.78, 5) is 38.0. The lowest BCUT2D eigenvalue weighted by atomic mass is 10.0. The lowest BCUT2D eigenvalue weighted by Gasteiger charge is -2.18. The Morgan fingerprint density at radius 3 is 1.09 bits per heavy atom. The van der Waals surface area contributed by atoms with Crippen molar-refractivity contribution in [3.8, 4) is 0 Å². The number of esters is 3. The third-order valence-electron chi connectivity index (χ3n) is 11.2. The van der Waals surface area contributed by atoms with Gasteiger partial charge in [-0.3, -0.25) is 14.4 Å². The highest BCUT2D eigenvalue weighted by Crippen LogP contribution is 2.14. The molecule has 6 nitrogen and oxygen atoms in total. The van der Waals surface area contributed by atoms with Crippen molar-refractivity contribution in [2.75, 3.05) is 13.2 Å². The van der Waals surface area contributed by atoms with E-state index in [1.807, 2.05) is 0 Å². The molecule has 0 saturated carbocycles. The maximum Gasteiger partial charge on any atom is 0.306 e. The van der Waals surface area contributed by atoms with Crippen molar-refractivity contribution in [2.24, 2.45) is 0 Å². The van der Waals surface area contributed by atoms with E-state index in [9.17, 15) is 14.4 Å². The molecular formula is C58H98O6. The minimum atomic E-state index is -0.794. The molecule has 1 atom stereocenters. The first kappa shape index (κ1) is 60.6. The molecule has 0 saturated heterocycles. The Kier molecular flexibility index (Phi) is 49.4. The topological polar surface area (TPSA) is 78.9 Å². The van der Waals surface area contributed by atoms with E-state index in [1.54, 1.807) is 0 Å². The Morgan fingerprint density at radius 1 is 0.344 bits per heavy atom. The molecule has 0 aliphatic rings. The molecule has 6 heteroatoms. The second-order valence-electron chi connectivity index (χ2n) is 17.4. The minimum Gasteiger partial charge on any atom is -0.462 e. The van der Waals surface area contributed by atoms with Gasteiger partial charge in [-0.2, -0.15) is 0 Å². The van der Waals surface area contributed by atoms with Crippen LogP contribution in [0.4, 0.5) is 0 Å². The van der Waals surface area contributed by atoms with Crippen molar-refractivity contribution in [2.45, 2.75) is 252 Å². The number of hydrogen-bond donors (Lipinski definition) is 0. The van der Waals surface area contributed by atoms with E-state index in [2.05, 4.69) is 106 Å². The van der Waals surface area contributed by atoms with Crippen molar-refractivity contribution < 1.29 is 28.6 Å². The third-order valence-corrected chi connectivity index (χ3v) is 11.2. The van der Waals surface area contributed by atoms with Crippen LogP contribution in [0.3, 0.4) is 0 Å². The molecule has 0 aromatic rings. The van der Waals surface area contributed by atoms with Crippen LogP contribution < -0.4 is 0 Å². The Morgan fingerprint density at radius 2 is 0.656 bits per heavy atom. The van der Waals surface area contributed by atoms with Gasteiger partial charge in [-0.15, -0.1) is 0 Å². The van der Waals surface area contributed by atoms with Crippen molar-refractivity contribution in [3.63, 3.8) is 0 Å². The molecule has 0 spiro atoms. The fraction of sp³-hybridized carbons (Fsp3) is 0.707. The second kappa shape index (κ2) is 52.2. The van der Waals surface area contributed by atoms with Crippen molar-refractivity contribution in [1.82, 2.24) is 0 Å². The van der Waals surface area contributed by atoms with E-state index in [0.29, 0.717) is 19.3 Å². The van der Waals surface area contributed by atoms with E-state index in [1.165, 1.54) is 96.3 Å². The number of unbranched alkanes of at least 4 members (excludes halogenated alkanes) is 23. The summed E-state index contributed by atoms with van der Waals surface area (Å²) in [5.74, 6) is -0.935. The fourth-order valence-corrected chi connectivity index (χ4v) is 7.16. The zero-order valence-corrected chi connectivity index (χ0v) is 41.8. The summed E-state index contributed by atoms with van der Waals surface area (Å²) in [6.45, 7) is 6.45. The van der Waals surface area contributed by atoms with Gasteiger partial charge in [0.25, 0.3) is 0 Å². The van der Waals surface area contributed by atoms with Crippen LogP contribution in [0.2, 0.25) is 0 Å². The number of rotatable bonds is 47. The number of ether oxygens (including phenoxy) is 3. The summed E-state index contributed by atoms with van der Waals surface area (Å²) in [6.07, 6.45) is 67.0. The molecule has 0 aromatic heterocycles. The van der Waals surface area contributed by atoms with Crippen molar-refractivity contribution in [1.29, 1.82) is 0 Å². The molecular weight excluding hydrogens is 793 g/mol. The quantitative estimate of drug-likeness (QED) is 0.0199. The van der Waals surface area contributed by atoms with Crippen LogP contribution in [0.1, 0.15) is 245 Å². The predicted molar refractivity (Wildman–Crippen MR) is 274 cm³/mol. The van der Waals surface area contributed by atoms with Gasteiger partial charge in [0.2, 0.25) is 0 Å². The van der Waals surface area contributed by atoms with Crippen molar-refractivity contribution in [3.05, 3.63) is 85.1 Å². The molecule has 0 heterocycles. The van der Waals surface area contributed by atoms with Gasteiger partial charge in [-0.25, -0.2) is 0 Å². The van der Waals surface area contributed by atoms with Crippen LogP contribution in [0.15, 0.2) is 85.1 Å². The standard InChI is InChI=1S/C58H98O6/c1-4-7-10-13-16-19-22-25-27-28-29-30-32-33-36-39-42-45-48-51-57(60)63-54-55(53-62-56(59)50-47-44-41-38-35-24-21-18-15-12-9-6-3)64-58(61)52-49-46-43-40-37-34-31-26-23-20-17-14-11-8-5-2/h7,10,16-17,19-20,23,25-27,29-30,33,36,55H,4-6,8-9,11-15,18,21-22,24,28,31-32,34-35,37-54H2,1-3H3/b10-7-,19-16-,20-17-,26-23-,27-25-,30-29-,36-33-. The highest BCUT2D eigenvalue weighted by atomic mass is 16.6. The molecule has 0 radical (unpaired) electrons. The highest BCUT2D eigenvalue weighted by Gasteiger charge is 2.19. The van der Waals surface area contributed by atoms with Crippen LogP contribution in [0.5, 0.6) is 0 Å². The molecule has 0 rings (SSSR count). The average Bonchev–Trinajstić information content (AvgIpc) is 3.29. The molecule has 0 fully saturated rings. The van der Waals surface area contributed by atoms with E-state index in [-0.39, 0.29) is 31.1 Å². The first-order chi connectivity index (χ1) is 31.5. The molecule has 0 aliphatic heterocycles. The fourth-order valence-electron chi connectivity index (χ4n) is 7.16. The molecule has 64 heavy (non-hydrogen) atoms. The summed E-state index contributed by atoms with van der Waals surface area (Å²) >= 11 is 0. The summed E-state index contributed by atoms with van der Waals surface area (Å²) in [5, 5.41) is 0. The second-order valence-corrected chi connectivity index (χ2v) is 17.4. The Labute approximate surface area is 395 Å². The molecule has 0 bridgehead atoms. The van der Waals surface area contributed by atoms with Gasteiger partial charge in [0.1, 0.15) is 13.2 Å². The van der Waals surface area contributed by atoms with Gasteiger partial charge in [0.05, 0.1) is 0 Å². The van der Waals surface area contributed by atoms with Crippen LogP contribution in [-0.4, -0.2) is 37.2 Å². The Bertz CT molecular complexity index is 1250. The number of allylic oxidation sites excluding steroid dienone is 14. The normalized spacial score (nSPS) is 12.7. The molecule has 0 aliphatic carbocycles.